The van der Waals surface area contributed by atoms with Crippen LogP contribution in [-0.4, -0.2) is 117 Å². The summed E-state index contributed by atoms with van der Waals surface area (Å²) in [6, 6.07) is 20.7. The molecule has 0 spiro atoms. The number of aliphatic hydroxyl groups is 1. The number of ether oxygens (including phenoxy) is 2. The third-order valence-electron chi connectivity index (χ3n) is 13.8. The van der Waals surface area contributed by atoms with E-state index in [0.717, 1.165) is 66.1 Å². The number of hydrogen-bond acceptors (Lipinski definition) is 14. The van der Waals surface area contributed by atoms with E-state index in [1.807, 2.05) is 124 Å². The molecule has 1 fully saturated rings. The molecule has 16 nitrogen and oxygen atoms in total. The Kier molecular flexibility index (Phi) is 18.7. The van der Waals surface area contributed by atoms with Gasteiger partial charge in [-0.3, -0.25) is 23.9 Å². The van der Waals surface area contributed by atoms with Gasteiger partial charge >= 0.3 is 0 Å². The molecule has 19 heteroatoms. The molecule has 3 aromatic heterocycles. The summed E-state index contributed by atoms with van der Waals surface area (Å²) in [4.78, 5) is 66.7. The van der Waals surface area contributed by atoms with Crippen LogP contribution in [0.4, 0.5) is 0 Å². The van der Waals surface area contributed by atoms with Crippen LogP contribution >= 0.6 is 34.3 Å². The van der Waals surface area contributed by atoms with Gasteiger partial charge < -0.3 is 40.2 Å². The number of thiophene rings is 1. The van der Waals surface area contributed by atoms with Crippen molar-refractivity contribution in [3.63, 3.8) is 0 Å². The molecule has 6 atom stereocenters. The minimum Gasteiger partial charge on any atom is -0.391 e. The lowest BCUT2D eigenvalue weighted by molar-refractivity contribution is -0.142. The normalized spacial score (nSPS) is 17.2. The van der Waals surface area contributed by atoms with Crippen LogP contribution in [0.1, 0.15) is 115 Å². The van der Waals surface area contributed by atoms with Crippen molar-refractivity contribution in [2.24, 2.45) is 10.4 Å². The molecule has 0 aliphatic carbocycles. The third kappa shape index (κ3) is 13.8. The number of likely N-dealkylation sites (tertiary alicyclic amines) is 1. The fraction of sp³-hybridized carbons (Fsp3) is 0.414. The predicted octanol–water partition coefficient (Wildman–Crippen LogP) is 8.12. The number of amides is 3. The summed E-state index contributed by atoms with van der Waals surface area (Å²) in [7, 11) is 0. The Labute approximate surface area is 463 Å². The molecule has 4 N–H and O–H groups in total. The first-order chi connectivity index (χ1) is 36.9. The number of carbonyl (C=O) groups excluding carboxylic acids is 4. The molecule has 6 aromatic rings. The summed E-state index contributed by atoms with van der Waals surface area (Å²) in [6.07, 6.45) is -0.276. The molecule has 5 heterocycles. The highest BCUT2D eigenvalue weighted by Gasteiger charge is 2.44. The number of carbonyl (C=O) groups is 4. The van der Waals surface area contributed by atoms with Crippen molar-refractivity contribution in [2.45, 2.75) is 118 Å². The van der Waals surface area contributed by atoms with E-state index in [2.05, 4.69) is 56.8 Å². The number of aryl methyl sites for hydroxylation is 3. The van der Waals surface area contributed by atoms with E-state index in [-0.39, 0.29) is 69.5 Å². The monoisotopic (exact) mass is 1100 g/mol. The van der Waals surface area contributed by atoms with Crippen molar-refractivity contribution < 1.29 is 33.8 Å². The van der Waals surface area contributed by atoms with Crippen LogP contribution in [0.5, 0.6) is 0 Å². The summed E-state index contributed by atoms with van der Waals surface area (Å²) >= 11 is 9.51. The maximum Gasteiger partial charge on any atom is 0.243 e. The van der Waals surface area contributed by atoms with Crippen LogP contribution in [0.3, 0.4) is 0 Å². The van der Waals surface area contributed by atoms with E-state index < -0.39 is 35.7 Å². The second-order valence-corrected chi connectivity index (χ2v) is 23.1. The van der Waals surface area contributed by atoms with Gasteiger partial charge in [-0.05, 0) is 93.0 Å². The van der Waals surface area contributed by atoms with Gasteiger partial charge in [0, 0.05) is 59.3 Å². The Balaban J connectivity index is 0.763. The number of hydrogen-bond donors (Lipinski definition) is 4. The van der Waals surface area contributed by atoms with Crippen molar-refractivity contribution in [3.8, 4) is 27.3 Å². The molecule has 8 rings (SSSR count). The number of nitrogens with zero attached hydrogens (tertiary/aromatic N) is 6. The number of rotatable bonds is 20. The first-order valence-electron chi connectivity index (χ1n) is 25.8. The minimum atomic E-state index is -0.849. The van der Waals surface area contributed by atoms with Crippen LogP contribution in [0.2, 0.25) is 5.02 Å². The van der Waals surface area contributed by atoms with E-state index in [1.165, 1.54) is 9.78 Å². The van der Waals surface area contributed by atoms with Crippen molar-refractivity contribution in [3.05, 3.63) is 139 Å². The first-order valence-corrected chi connectivity index (χ1v) is 27.9. The SMILES string of the molecule is Cc1ncsc1-c1ccc(CNC(=O)[C@@H]2C[C@@H](O)CN2C(=O)[C@@H](NCC(C=O)OCCCOCC#Cc2ccc([C@@H](C)NC(=O)C[C@@H]3N=C(c4ccc(Cl)cc4)c4c(sc(C)c4C)-n4c(C)nnc43)cc2)C(C)(C)C)cc1. The molecule has 3 aromatic carbocycles. The first kappa shape index (κ1) is 56.8. The highest BCUT2D eigenvalue weighted by atomic mass is 35.5. The molecule has 2 aliphatic heterocycles. The zero-order chi connectivity index (χ0) is 55.0. The van der Waals surface area contributed by atoms with Gasteiger partial charge in [0.25, 0.3) is 0 Å². The molecular formula is C58H66ClN9O7S2. The smallest absolute Gasteiger partial charge is 0.243 e. The van der Waals surface area contributed by atoms with Gasteiger partial charge in [0.2, 0.25) is 17.7 Å². The van der Waals surface area contributed by atoms with Gasteiger partial charge in [-0.2, -0.15) is 0 Å². The summed E-state index contributed by atoms with van der Waals surface area (Å²) < 4.78 is 13.6. The number of fused-ring (bicyclic) bond motifs is 3. The largest absolute Gasteiger partial charge is 0.391 e. The molecule has 1 saturated heterocycles. The van der Waals surface area contributed by atoms with E-state index in [1.54, 1.807) is 22.7 Å². The second kappa shape index (κ2) is 25.4. The van der Waals surface area contributed by atoms with Crippen molar-refractivity contribution >= 4 is 64.0 Å². The Hall–Kier alpha value is -6.43. The lowest BCUT2D eigenvalue weighted by Crippen LogP contribution is -2.57. The summed E-state index contributed by atoms with van der Waals surface area (Å²) in [5.41, 5.74) is 9.67. The number of benzene rings is 3. The maximum absolute atomic E-state index is 14.1. The topological polar surface area (TPSA) is 202 Å². The standard InChI is InChI=1S/C58H66ClN9O7S2/c1-34-37(4)77-57-50(34)51(42-20-22-44(59)23-21-42)64-47(54-66-65-38(5)68(54)57)28-49(71)63-35(2)41-16-12-39(13-17-41)11-9-24-74-25-10-26-75-46(32-69)30-60-53(58(6,7)8)56(73)67-31-45(70)27-48(67)55(72)61-29-40-14-18-43(19-15-40)52-36(3)62-33-76-52/h12-23,32-33,35,45-48,53,60,70H,10,24-31H2,1-8H3,(H,61,72)(H,63,71)/t35-,45-,46?,47+,48+,53-/m1/s1. The number of aliphatic imine (C=N–C) groups is 1. The molecule has 0 bridgehead atoms. The van der Waals surface area contributed by atoms with Gasteiger partial charge in [0.1, 0.15) is 41.9 Å². The molecule has 404 valence electrons. The fourth-order valence-electron chi connectivity index (χ4n) is 9.48. The van der Waals surface area contributed by atoms with Gasteiger partial charge in [-0.1, -0.05) is 92.7 Å². The fourth-order valence-corrected chi connectivity index (χ4v) is 11.6. The quantitative estimate of drug-likeness (QED) is 0.0327. The van der Waals surface area contributed by atoms with Crippen molar-refractivity contribution in [1.82, 2.24) is 40.6 Å². The van der Waals surface area contributed by atoms with Gasteiger partial charge in [0.15, 0.2) is 5.82 Å². The number of halogens is 1. The van der Waals surface area contributed by atoms with Crippen LogP contribution in [0, 0.1) is 45.0 Å². The van der Waals surface area contributed by atoms with Gasteiger partial charge in [0.05, 0.1) is 53.0 Å². The van der Waals surface area contributed by atoms with Crippen LogP contribution in [-0.2, 0) is 35.2 Å². The molecular weight excluding hydrogens is 1030 g/mol. The average molecular weight is 1100 g/mol. The highest BCUT2D eigenvalue weighted by Crippen LogP contribution is 2.40. The zero-order valence-electron chi connectivity index (χ0n) is 44.7. The summed E-state index contributed by atoms with van der Waals surface area (Å²) in [5.74, 6) is 6.65. The molecule has 2 aliphatic rings. The zero-order valence-corrected chi connectivity index (χ0v) is 47.1. The molecule has 0 saturated carbocycles. The van der Waals surface area contributed by atoms with Crippen LogP contribution in [0.15, 0.2) is 83.3 Å². The number of β-amino-alcohol motifs (C(OH)–C–C–N with tert-alkyl or cyclic N) is 1. The Morgan fingerprint density at radius 1 is 0.974 bits per heavy atom. The highest BCUT2D eigenvalue weighted by molar-refractivity contribution is 7.15. The van der Waals surface area contributed by atoms with Crippen LogP contribution < -0.4 is 16.0 Å². The van der Waals surface area contributed by atoms with Gasteiger partial charge in [-0.15, -0.1) is 32.9 Å². The second-order valence-electron chi connectivity index (χ2n) is 20.6. The Morgan fingerprint density at radius 3 is 2.39 bits per heavy atom. The Morgan fingerprint density at radius 2 is 1.70 bits per heavy atom. The van der Waals surface area contributed by atoms with E-state index in [0.29, 0.717) is 30.2 Å². The van der Waals surface area contributed by atoms with Crippen molar-refractivity contribution in [2.75, 3.05) is 32.9 Å². The number of thiazole rings is 1. The maximum atomic E-state index is 14.1. The van der Waals surface area contributed by atoms with Crippen LogP contribution in [0.25, 0.3) is 15.4 Å². The van der Waals surface area contributed by atoms with Crippen molar-refractivity contribution in [1.29, 1.82) is 0 Å². The van der Waals surface area contributed by atoms with E-state index in [9.17, 15) is 24.3 Å². The summed E-state index contributed by atoms with van der Waals surface area (Å²) in [6.45, 7) is 16.9. The number of aromatic nitrogens is 4. The lowest BCUT2D eigenvalue weighted by Gasteiger charge is -2.36. The molecule has 77 heavy (non-hydrogen) atoms. The lowest BCUT2D eigenvalue weighted by atomic mass is 9.85. The summed E-state index contributed by atoms with van der Waals surface area (Å²) in [5, 5.41) is 30.5. The molecule has 1 unspecified atom stereocenters. The average Bonchev–Trinajstić information content (AvgIpc) is 4.23. The minimum absolute atomic E-state index is 0.0236. The Bertz CT molecular complexity index is 3150. The molecule has 3 amide bonds. The van der Waals surface area contributed by atoms with E-state index >= 15 is 0 Å². The number of nitrogens with one attached hydrogen (secondary N) is 3. The van der Waals surface area contributed by atoms with E-state index in [4.69, 9.17) is 26.1 Å². The molecule has 0 radical (unpaired) electrons. The van der Waals surface area contributed by atoms with Gasteiger partial charge in [-0.25, -0.2) is 4.98 Å². The number of aldehydes is 1. The third-order valence-corrected chi connectivity index (χ3v) is 16.2. The predicted molar refractivity (Wildman–Crippen MR) is 301 cm³/mol. The number of aliphatic hydroxyl groups excluding tert-OH is 1.